The maximum Gasteiger partial charge on any atom is 0.165 e. The molecule has 10 rings (SSSR count). The van der Waals surface area contributed by atoms with Crippen LogP contribution in [-0.2, 0) is 12.8 Å². The highest BCUT2D eigenvalue weighted by atomic mass is 15.2. The van der Waals surface area contributed by atoms with Gasteiger partial charge >= 0.3 is 0 Å². The van der Waals surface area contributed by atoms with E-state index >= 15 is 0 Å². The molecule has 350 valence electrons. The van der Waals surface area contributed by atoms with E-state index in [9.17, 15) is 5.26 Å². The van der Waals surface area contributed by atoms with Crippen molar-refractivity contribution in [2.24, 2.45) is 0 Å². The number of nitriles is 1. The van der Waals surface area contributed by atoms with E-state index in [1.54, 1.807) is 0 Å². The molecular weight excluding hydrogens is 853 g/mol. The summed E-state index contributed by atoms with van der Waals surface area (Å²) in [6.45, 7) is 36.7. The molecule has 0 radical (unpaired) electrons. The van der Waals surface area contributed by atoms with Gasteiger partial charge < -0.3 is 9.80 Å². The Balaban J connectivity index is 1.43. The van der Waals surface area contributed by atoms with Gasteiger partial charge in [0.05, 0.1) is 45.8 Å². The molecule has 0 spiro atoms. The summed E-state index contributed by atoms with van der Waals surface area (Å²) < 4.78 is 0. The van der Waals surface area contributed by atoms with Gasteiger partial charge in [0.15, 0.2) is 17.5 Å². The molecule has 2 aliphatic heterocycles. The average molecular weight is 917 g/mol. The second kappa shape index (κ2) is 16.9. The molecule has 70 heavy (non-hydrogen) atoms. The molecule has 0 aliphatic carbocycles. The number of nitrogens with zero attached hydrogens (tertiary/aromatic N) is 6. The van der Waals surface area contributed by atoms with Crippen LogP contribution >= 0.6 is 0 Å². The lowest BCUT2D eigenvalue weighted by Crippen LogP contribution is -2.28. The van der Waals surface area contributed by atoms with Crippen molar-refractivity contribution in [1.29, 1.82) is 5.26 Å². The van der Waals surface area contributed by atoms with Crippen LogP contribution in [0.2, 0.25) is 0 Å². The third-order valence-electron chi connectivity index (χ3n) is 17.4. The zero-order chi connectivity index (χ0) is 49.9. The normalized spacial score (nSPS) is 12.7. The van der Waals surface area contributed by atoms with E-state index in [-0.39, 0.29) is 0 Å². The molecular formula is C64H64N6. The molecule has 0 amide bonds. The van der Waals surface area contributed by atoms with Gasteiger partial charge in [-0.25, -0.2) is 15.0 Å². The second-order valence-corrected chi connectivity index (χ2v) is 20.4. The van der Waals surface area contributed by atoms with Crippen molar-refractivity contribution in [3.05, 3.63) is 190 Å². The van der Waals surface area contributed by atoms with Gasteiger partial charge in [0.2, 0.25) is 0 Å². The van der Waals surface area contributed by atoms with Crippen LogP contribution in [-0.4, -0.2) is 15.0 Å². The highest BCUT2D eigenvalue weighted by molar-refractivity contribution is 6.01. The first-order valence-electron chi connectivity index (χ1n) is 24.8. The largest absolute Gasteiger partial charge is 0.307 e. The highest BCUT2D eigenvalue weighted by Gasteiger charge is 2.39. The van der Waals surface area contributed by atoms with E-state index in [4.69, 9.17) is 15.0 Å². The Bertz CT molecular complexity index is 3410. The predicted molar refractivity (Wildman–Crippen MR) is 292 cm³/mol. The molecule has 0 bridgehead atoms. The first kappa shape index (κ1) is 46.4. The second-order valence-electron chi connectivity index (χ2n) is 20.4. The van der Waals surface area contributed by atoms with Crippen molar-refractivity contribution in [2.75, 3.05) is 9.80 Å². The van der Waals surface area contributed by atoms with Gasteiger partial charge in [-0.3, -0.25) is 0 Å². The molecule has 8 aromatic rings. The van der Waals surface area contributed by atoms with Gasteiger partial charge in [-0.2, -0.15) is 5.26 Å². The number of rotatable bonds is 5. The maximum absolute atomic E-state index is 11.7. The number of aromatic nitrogens is 3. The summed E-state index contributed by atoms with van der Waals surface area (Å²) >= 11 is 0. The van der Waals surface area contributed by atoms with Gasteiger partial charge in [-0.05, 0) is 234 Å². The first-order valence-corrected chi connectivity index (χ1v) is 24.8. The molecule has 7 aromatic carbocycles. The van der Waals surface area contributed by atoms with E-state index < -0.39 is 0 Å². The predicted octanol–water partition coefficient (Wildman–Crippen LogP) is 16.4. The minimum atomic E-state index is 0.451. The van der Waals surface area contributed by atoms with Crippen LogP contribution in [0, 0.1) is 122 Å². The van der Waals surface area contributed by atoms with Crippen molar-refractivity contribution < 1.29 is 0 Å². The van der Waals surface area contributed by atoms with Gasteiger partial charge in [-0.15, -0.1) is 0 Å². The minimum absolute atomic E-state index is 0.451. The van der Waals surface area contributed by atoms with E-state index in [0.29, 0.717) is 28.6 Å². The third kappa shape index (κ3) is 6.76. The lowest BCUT2D eigenvalue weighted by atomic mass is 9.79. The van der Waals surface area contributed by atoms with Crippen molar-refractivity contribution >= 4 is 34.1 Å². The Morgan fingerprint density at radius 3 is 0.957 bits per heavy atom. The van der Waals surface area contributed by atoms with Crippen molar-refractivity contribution in [3.63, 3.8) is 0 Å². The monoisotopic (exact) mass is 917 g/mol. The fraction of sp³-hybridized carbons (Fsp3) is 0.281. The SMILES string of the molecule is Cc1c(C)c(C)c2c(c1C)Cc1c(C)c(C)c(C)c(C)c1N2c1cc(C#N)c(-c2nc(-c3ccccc3)nc(-c3ccccc3)n2)cc1N1c2c(C)c(C)c(C)c(C)c2Cc2c(C)c(C)c(C)c(C)c21. The maximum atomic E-state index is 11.7. The summed E-state index contributed by atoms with van der Waals surface area (Å²) in [5.41, 5.74) is 35.8. The Morgan fingerprint density at radius 2 is 0.643 bits per heavy atom. The van der Waals surface area contributed by atoms with Gasteiger partial charge in [0, 0.05) is 29.5 Å². The Labute approximate surface area is 415 Å². The summed E-state index contributed by atoms with van der Waals surface area (Å²) in [6.07, 6.45) is 1.66. The standard InChI is InChI=1S/C64H64N6/c1-32-36(5)44(13)58-51(40(32)9)28-52-41(10)33(2)37(6)45(14)59(52)69(58)56-27-50(31-65)55(64-67-62(48-23-19-17-20-24-48)66-63(68-64)49-25-21-18-22-26-49)30-57(56)70-60-46(15)38(7)34(3)42(11)53(60)29-54-43(12)35(4)39(8)47(16)61(54)70/h17-27,30H,28-29H2,1-16H3. The van der Waals surface area contributed by atoms with Crippen LogP contribution in [0.4, 0.5) is 34.1 Å². The van der Waals surface area contributed by atoms with Crippen LogP contribution < -0.4 is 9.80 Å². The molecule has 0 saturated heterocycles. The smallest absolute Gasteiger partial charge is 0.165 e. The summed E-state index contributed by atoms with van der Waals surface area (Å²) in [4.78, 5) is 20.8. The molecule has 0 N–H and O–H groups in total. The third-order valence-corrected chi connectivity index (χ3v) is 17.4. The average Bonchev–Trinajstić information content (AvgIpc) is 3.39. The fourth-order valence-corrected chi connectivity index (χ4v) is 11.8. The number of hydrogen-bond donors (Lipinski definition) is 0. The van der Waals surface area contributed by atoms with Crippen LogP contribution in [0.15, 0.2) is 72.8 Å². The Kier molecular flexibility index (Phi) is 11.2. The lowest BCUT2D eigenvalue weighted by Gasteiger charge is -2.44. The van der Waals surface area contributed by atoms with Gasteiger partial charge in [0.25, 0.3) is 0 Å². The lowest BCUT2D eigenvalue weighted by molar-refractivity contribution is 0.981. The molecule has 0 atom stereocenters. The fourth-order valence-electron chi connectivity index (χ4n) is 11.8. The quantitative estimate of drug-likeness (QED) is 0.171. The van der Waals surface area contributed by atoms with Crippen molar-refractivity contribution in [1.82, 2.24) is 15.0 Å². The minimum Gasteiger partial charge on any atom is -0.307 e. The van der Waals surface area contributed by atoms with E-state index in [1.165, 1.54) is 134 Å². The number of fused-ring (bicyclic) bond motifs is 4. The van der Waals surface area contributed by atoms with Gasteiger partial charge in [0.1, 0.15) is 0 Å². The summed E-state index contributed by atoms with van der Waals surface area (Å²) in [5, 5.41) is 11.7. The molecule has 0 unspecified atom stereocenters. The molecule has 1 aromatic heterocycles. The summed E-state index contributed by atoms with van der Waals surface area (Å²) in [5.74, 6) is 1.55. The molecule has 6 heteroatoms. The zero-order valence-electron chi connectivity index (χ0n) is 44.0. The van der Waals surface area contributed by atoms with Crippen LogP contribution in [0.1, 0.15) is 117 Å². The Morgan fingerprint density at radius 1 is 0.357 bits per heavy atom. The molecule has 6 nitrogen and oxygen atoms in total. The van der Waals surface area contributed by atoms with Crippen LogP contribution in [0.25, 0.3) is 34.2 Å². The summed E-state index contributed by atoms with van der Waals surface area (Å²) in [7, 11) is 0. The zero-order valence-corrected chi connectivity index (χ0v) is 44.0. The van der Waals surface area contributed by atoms with Crippen molar-refractivity contribution in [3.8, 4) is 40.2 Å². The van der Waals surface area contributed by atoms with Crippen LogP contribution in [0.3, 0.4) is 0 Å². The topological polar surface area (TPSA) is 68.9 Å². The first-order chi connectivity index (χ1) is 33.4. The number of anilines is 6. The summed E-state index contributed by atoms with van der Waals surface area (Å²) in [6, 6.07) is 27.3. The Hall–Kier alpha value is -7.36. The van der Waals surface area contributed by atoms with E-state index in [0.717, 1.165) is 35.3 Å². The number of benzene rings is 7. The molecule has 2 aliphatic rings. The molecule has 3 heterocycles. The molecule has 0 fully saturated rings. The number of hydrogen-bond acceptors (Lipinski definition) is 6. The van der Waals surface area contributed by atoms with Crippen LogP contribution in [0.5, 0.6) is 0 Å². The van der Waals surface area contributed by atoms with E-state index in [2.05, 4.69) is 139 Å². The molecule has 0 saturated carbocycles. The highest BCUT2D eigenvalue weighted by Crippen LogP contribution is 2.59. The van der Waals surface area contributed by atoms with Gasteiger partial charge in [-0.1, -0.05) is 60.7 Å². The van der Waals surface area contributed by atoms with E-state index in [1.807, 2.05) is 60.7 Å². The van der Waals surface area contributed by atoms with Crippen molar-refractivity contribution in [2.45, 2.75) is 124 Å².